The second-order valence-corrected chi connectivity index (χ2v) is 6.38. The van der Waals surface area contributed by atoms with E-state index in [1.54, 1.807) is 5.57 Å². The molecule has 3 heterocycles. The van der Waals surface area contributed by atoms with E-state index >= 15 is 0 Å². The number of H-pyrrole nitrogens is 1. The number of aromatic nitrogens is 4. The van der Waals surface area contributed by atoms with E-state index in [9.17, 15) is 0 Å². The molecule has 116 valence electrons. The summed E-state index contributed by atoms with van der Waals surface area (Å²) in [6.07, 6.45) is 12.4. The number of rotatable bonds is 3. The van der Waals surface area contributed by atoms with Crippen molar-refractivity contribution in [2.24, 2.45) is 7.05 Å². The molecule has 0 fully saturated rings. The van der Waals surface area contributed by atoms with E-state index < -0.39 is 0 Å². The summed E-state index contributed by atoms with van der Waals surface area (Å²) in [4.78, 5) is 10.5. The Balaban J connectivity index is 1.68. The van der Waals surface area contributed by atoms with E-state index in [0.717, 1.165) is 19.5 Å². The fraction of sp³-hybridized carbons (Fsp3) is 0.529. The number of hydrogen-bond donors (Lipinski definition) is 1. The number of fused-ring (bicyclic) bond motifs is 1. The van der Waals surface area contributed by atoms with Gasteiger partial charge in [-0.25, -0.2) is 4.98 Å². The third-order valence-corrected chi connectivity index (χ3v) is 4.95. The molecule has 0 bridgehead atoms. The zero-order valence-electron chi connectivity index (χ0n) is 13.1. The number of nitrogens with zero attached hydrogens (tertiary/aromatic N) is 4. The Bertz CT molecular complexity index is 681. The number of aryl methyl sites for hydroxylation is 1. The van der Waals surface area contributed by atoms with Gasteiger partial charge >= 0.3 is 0 Å². The number of nitrogens with one attached hydrogen (secondary N) is 1. The summed E-state index contributed by atoms with van der Waals surface area (Å²) < 4.78 is 1.98. The standard InChI is InChI=1S/C17H23N5/c1-21-15(7-9-20-21)17-16-14(18-12-19-16)8-10-22(17)11-13-5-3-2-4-6-13/h5,7,9,12,17H,2-4,6,8,10-11H2,1H3,(H,18,19). The summed E-state index contributed by atoms with van der Waals surface area (Å²) in [6.45, 7) is 2.13. The first-order valence-electron chi connectivity index (χ1n) is 8.25. The van der Waals surface area contributed by atoms with Crippen LogP contribution in [0, 0.1) is 0 Å². The lowest BCUT2D eigenvalue weighted by Crippen LogP contribution is -2.38. The highest BCUT2D eigenvalue weighted by molar-refractivity contribution is 5.29. The summed E-state index contributed by atoms with van der Waals surface area (Å²) >= 11 is 0. The SMILES string of the molecule is Cn1nccc1C1c2nc[nH]c2CCN1CC1=CCCCC1. The first-order valence-corrected chi connectivity index (χ1v) is 8.25. The molecule has 2 aliphatic rings. The summed E-state index contributed by atoms with van der Waals surface area (Å²) in [5.41, 5.74) is 5.27. The molecule has 2 aromatic rings. The highest BCUT2D eigenvalue weighted by atomic mass is 15.3. The Hall–Kier alpha value is -1.88. The summed E-state index contributed by atoms with van der Waals surface area (Å²) in [5.74, 6) is 0. The molecule has 4 rings (SSSR count). The second kappa shape index (κ2) is 5.72. The fourth-order valence-electron chi connectivity index (χ4n) is 3.78. The highest BCUT2D eigenvalue weighted by Crippen LogP contribution is 2.34. The van der Waals surface area contributed by atoms with Crippen molar-refractivity contribution < 1.29 is 0 Å². The molecule has 22 heavy (non-hydrogen) atoms. The van der Waals surface area contributed by atoms with Gasteiger partial charge in [-0.1, -0.05) is 11.6 Å². The molecule has 5 nitrogen and oxygen atoms in total. The predicted octanol–water partition coefficient (Wildman–Crippen LogP) is 2.59. The lowest BCUT2D eigenvalue weighted by Gasteiger charge is -2.36. The van der Waals surface area contributed by atoms with Gasteiger partial charge < -0.3 is 4.98 Å². The smallest absolute Gasteiger partial charge is 0.0968 e. The van der Waals surface area contributed by atoms with Crippen LogP contribution in [0.15, 0.2) is 30.2 Å². The van der Waals surface area contributed by atoms with Crippen molar-refractivity contribution >= 4 is 0 Å². The van der Waals surface area contributed by atoms with Crippen LogP contribution in [-0.2, 0) is 13.5 Å². The Morgan fingerprint density at radius 2 is 2.27 bits per heavy atom. The van der Waals surface area contributed by atoms with Crippen LogP contribution in [0.25, 0.3) is 0 Å². The van der Waals surface area contributed by atoms with Crippen LogP contribution in [0.5, 0.6) is 0 Å². The van der Waals surface area contributed by atoms with Gasteiger partial charge in [-0.15, -0.1) is 0 Å². The molecule has 1 atom stereocenters. The average molecular weight is 297 g/mol. The van der Waals surface area contributed by atoms with Gasteiger partial charge in [0, 0.05) is 38.4 Å². The van der Waals surface area contributed by atoms with Crippen molar-refractivity contribution in [1.29, 1.82) is 0 Å². The maximum absolute atomic E-state index is 4.62. The summed E-state index contributed by atoms with van der Waals surface area (Å²) in [7, 11) is 2.02. The minimum Gasteiger partial charge on any atom is -0.348 e. The highest BCUT2D eigenvalue weighted by Gasteiger charge is 2.33. The van der Waals surface area contributed by atoms with Gasteiger partial charge in [-0.2, -0.15) is 5.10 Å². The Labute approximate surface area is 131 Å². The molecule has 1 aliphatic carbocycles. The second-order valence-electron chi connectivity index (χ2n) is 6.38. The molecule has 1 unspecified atom stereocenters. The number of hydrogen-bond acceptors (Lipinski definition) is 3. The largest absolute Gasteiger partial charge is 0.348 e. The van der Waals surface area contributed by atoms with Gasteiger partial charge in [-0.05, 0) is 31.7 Å². The van der Waals surface area contributed by atoms with Gasteiger partial charge in [0.2, 0.25) is 0 Å². The first-order chi connectivity index (χ1) is 10.8. The molecule has 0 radical (unpaired) electrons. The van der Waals surface area contributed by atoms with Crippen molar-refractivity contribution in [1.82, 2.24) is 24.6 Å². The Morgan fingerprint density at radius 3 is 3.05 bits per heavy atom. The predicted molar refractivity (Wildman–Crippen MR) is 85.5 cm³/mol. The van der Waals surface area contributed by atoms with Crippen LogP contribution in [-0.4, -0.2) is 37.7 Å². The van der Waals surface area contributed by atoms with Crippen LogP contribution in [0.3, 0.4) is 0 Å². The number of imidazole rings is 1. The van der Waals surface area contributed by atoms with Crippen LogP contribution in [0.4, 0.5) is 0 Å². The minimum absolute atomic E-state index is 0.213. The lowest BCUT2D eigenvalue weighted by molar-refractivity contribution is 0.216. The van der Waals surface area contributed by atoms with Gasteiger partial charge in [0.05, 0.1) is 23.8 Å². The lowest BCUT2D eigenvalue weighted by atomic mass is 9.95. The van der Waals surface area contributed by atoms with E-state index in [1.807, 2.05) is 24.3 Å². The van der Waals surface area contributed by atoms with E-state index in [2.05, 4.69) is 32.1 Å². The normalized spacial score (nSPS) is 22.4. The van der Waals surface area contributed by atoms with Gasteiger partial charge in [0.25, 0.3) is 0 Å². The Morgan fingerprint density at radius 1 is 1.32 bits per heavy atom. The molecule has 0 saturated carbocycles. The van der Waals surface area contributed by atoms with Crippen molar-refractivity contribution in [2.75, 3.05) is 13.1 Å². The van der Waals surface area contributed by atoms with Crippen LogP contribution < -0.4 is 0 Å². The number of allylic oxidation sites excluding steroid dienone is 1. The number of aromatic amines is 1. The van der Waals surface area contributed by atoms with E-state index in [-0.39, 0.29) is 6.04 Å². The van der Waals surface area contributed by atoms with Crippen molar-refractivity contribution in [2.45, 2.75) is 38.1 Å². The zero-order chi connectivity index (χ0) is 14.9. The van der Waals surface area contributed by atoms with Crippen molar-refractivity contribution in [3.63, 3.8) is 0 Å². The molecule has 5 heteroatoms. The maximum atomic E-state index is 4.62. The molecular formula is C17H23N5. The molecule has 0 spiro atoms. The fourth-order valence-corrected chi connectivity index (χ4v) is 3.78. The molecule has 1 N–H and O–H groups in total. The molecule has 0 amide bonds. The molecule has 0 saturated heterocycles. The van der Waals surface area contributed by atoms with Crippen molar-refractivity contribution in [3.8, 4) is 0 Å². The average Bonchev–Trinajstić information content (AvgIpc) is 3.17. The van der Waals surface area contributed by atoms with Crippen LogP contribution in [0.1, 0.15) is 48.8 Å². The molecule has 0 aromatic carbocycles. The van der Waals surface area contributed by atoms with Crippen LogP contribution >= 0.6 is 0 Å². The minimum atomic E-state index is 0.213. The monoisotopic (exact) mass is 297 g/mol. The molecule has 2 aromatic heterocycles. The van der Waals surface area contributed by atoms with Gasteiger partial charge in [0.1, 0.15) is 0 Å². The zero-order valence-corrected chi connectivity index (χ0v) is 13.1. The third-order valence-electron chi connectivity index (χ3n) is 4.95. The van der Waals surface area contributed by atoms with E-state index in [4.69, 9.17) is 0 Å². The summed E-state index contributed by atoms with van der Waals surface area (Å²) in [5, 5.41) is 4.37. The Kier molecular flexibility index (Phi) is 3.58. The quantitative estimate of drug-likeness (QED) is 0.886. The molecule has 1 aliphatic heterocycles. The van der Waals surface area contributed by atoms with Crippen LogP contribution in [0.2, 0.25) is 0 Å². The van der Waals surface area contributed by atoms with E-state index in [0.29, 0.717) is 0 Å². The van der Waals surface area contributed by atoms with Gasteiger partial charge in [-0.3, -0.25) is 9.58 Å². The van der Waals surface area contributed by atoms with E-state index in [1.165, 1.54) is 42.8 Å². The summed E-state index contributed by atoms with van der Waals surface area (Å²) in [6, 6.07) is 2.33. The maximum Gasteiger partial charge on any atom is 0.0968 e. The molecular weight excluding hydrogens is 274 g/mol. The first kappa shape index (κ1) is 13.8. The third kappa shape index (κ3) is 2.39. The van der Waals surface area contributed by atoms with Gasteiger partial charge in [0.15, 0.2) is 0 Å². The van der Waals surface area contributed by atoms with Crippen molar-refractivity contribution in [3.05, 3.63) is 47.3 Å². The topological polar surface area (TPSA) is 49.7 Å².